The van der Waals surface area contributed by atoms with Gasteiger partial charge in [0.05, 0.1) is 33.0 Å². The van der Waals surface area contributed by atoms with Gasteiger partial charge in [-0.1, -0.05) is 162 Å². The lowest BCUT2D eigenvalue weighted by Crippen LogP contribution is -2.37. The predicted molar refractivity (Wildman–Crippen MR) is 257 cm³/mol. The molecule has 2 fully saturated rings. The van der Waals surface area contributed by atoms with Crippen LogP contribution >= 0.6 is 0 Å². The Labute approximate surface area is 400 Å². The Morgan fingerprint density at radius 3 is 1.30 bits per heavy atom. The van der Waals surface area contributed by atoms with E-state index in [1.54, 1.807) is 0 Å². The normalized spacial score (nSPS) is 23.9. The standard InChI is InChI=1S/C54H94O12/c1-4-7-9-11-22-26-32-61-49(55)37-45-38-50(56)62-34-28-24-20-18-16-14-13-15-17-19-21-25-29-35-64-52(58)40-46(39-51(57)63-33-27-23-12-10-8-5-2)42-54(60)66-48-31-30-44(6-3)36-47(48)43-65-53(59)41-45/h44-48H,4-43H2,1-3H3/t44?,45?,46?,47-,48+/m1/s1. The summed E-state index contributed by atoms with van der Waals surface area (Å²) in [6.45, 7) is 7.72. The van der Waals surface area contributed by atoms with Crippen molar-refractivity contribution in [2.75, 3.05) is 33.0 Å². The van der Waals surface area contributed by atoms with Gasteiger partial charge in [0.15, 0.2) is 0 Å². The van der Waals surface area contributed by atoms with E-state index in [2.05, 4.69) is 20.8 Å². The van der Waals surface area contributed by atoms with Gasteiger partial charge in [0.1, 0.15) is 6.10 Å². The second kappa shape index (κ2) is 39.8. The molecule has 1 aliphatic heterocycles. The molecule has 1 aliphatic carbocycles. The number of ether oxygens (including phenoxy) is 6. The maximum absolute atomic E-state index is 13.6. The third kappa shape index (κ3) is 31.7. The first-order chi connectivity index (χ1) is 32.1. The van der Waals surface area contributed by atoms with Crippen LogP contribution in [0.25, 0.3) is 0 Å². The first-order valence-corrected chi connectivity index (χ1v) is 27.1. The number of unbranched alkanes of at least 4 members (excludes halogenated alkanes) is 10. The van der Waals surface area contributed by atoms with Crippen molar-refractivity contribution in [3.8, 4) is 0 Å². The summed E-state index contributed by atoms with van der Waals surface area (Å²) in [6, 6.07) is 0. The fourth-order valence-corrected chi connectivity index (χ4v) is 9.25. The molecule has 0 N–H and O–H groups in total. The molecular weight excluding hydrogens is 841 g/mol. The number of hydrogen-bond acceptors (Lipinski definition) is 12. The summed E-state index contributed by atoms with van der Waals surface area (Å²) in [5.41, 5.74) is 0. The van der Waals surface area contributed by atoms with Gasteiger partial charge >= 0.3 is 35.8 Å². The van der Waals surface area contributed by atoms with Gasteiger partial charge in [-0.2, -0.15) is 0 Å². The number of rotatable bonds is 19. The van der Waals surface area contributed by atoms with Crippen LogP contribution in [-0.2, 0) is 57.2 Å². The van der Waals surface area contributed by atoms with Crippen molar-refractivity contribution < 1.29 is 57.2 Å². The van der Waals surface area contributed by atoms with E-state index in [1.807, 2.05) is 0 Å². The maximum atomic E-state index is 13.6. The Bertz CT molecular complexity index is 1300. The van der Waals surface area contributed by atoms with Crippen molar-refractivity contribution in [2.24, 2.45) is 23.7 Å². The molecule has 66 heavy (non-hydrogen) atoms. The van der Waals surface area contributed by atoms with Crippen LogP contribution in [0.2, 0.25) is 0 Å². The van der Waals surface area contributed by atoms with Crippen LogP contribution in [-0.4, -0.2) is 75.0 Å². The van der Waals surface area contributed by atoms with E-state index < -0.39 is 53.8 Å². The summed E-state index contributed by atoms with van der Waals surface area (Å²) in [5.74, 6) is -3.99. The molecule has 0 aromatic rings. The van der Waals surface area contributed by atoms with Gasteiger partial charge in [-0.25, -0.2) is 0 Å². The van der Waals surface area contributed by atoms with Gasteiger partial charge < -0.3 is 28.4 Å². The molecular formula is C54H94O12. The molecule has 0 spiro atoms. The van der Waals surface area contributed by atoms with Crippen molar-refractivity contribution in [1.29, 1.82) is 0 Å². The minimum Gasteiger partial charge on any atom is -0.466 e. The van der Waals surface area contributed by atoms with E-state index in [4.69, 9.17) is 28.4 Å². The van der Waals surface area contributed by atoms with E-state index >= 15 is 0 Å². The highest BCUT2D eigenvalue weighted by Crippen LogP contribution is 2.34. The summed E-state index contributed by atoms with van der Waals surface area (Å²) in [6.07, 6.45) is 28.7. The minimum atomic E-state index is -0.638. The zero-order valence-corrected chi connectivity index (χ0v) is 42.1. The van der Waals surface area contributed by atoms with Crippen molar-refractivity contribution in [3.63, 3.8) is 0 Å². The molecule has 1 heterocycles. The highest BCUT2D eigenvalue weighted by Gasteiger charge is 2.35. The number of carbonyl (C=O) groups is 6. The van der Waals surface area contributed by atoms with Crippen molar-refractivity contribution in [3.05, 3.63) is 0 Å². The summed E-state index contributed by atoms with van der Waals surface area (Å²) in [4.78, 5) is 79.1. The molecule has 1 saturated carbocycles. The predicted octanol–water partition coefficient (Wildman–Crippen LogP) is 12.8. The Hall–Kier alpha value is -3.18. The van der Waals surface area contributed by atoms with Gasteiger partial charge in [0.2, 0.25) is 0 Å². The van der Waals surface area contributed by atoms with Crippen molar-refractivity contribution in [1.82, 2.24) is 0 Å². The average molecular weight is 935 g/mol. The van der Waals surface area contributed by atoms with Crippen LogP contribution < -0.4 is 0 Å². The molecule has 2 aliphatic rings. The summed E-state index contributed by atoms with van der Waals surface area (Å²) < 4.78 is 34.2. The summed E-state index contributed by atoms with van der Waals surface area (Å²) in [5, 5.41) is 0. The molecule has 0 radical (unpaired) electrons. The van der Waals surface area contributed by atoms with Crippen molar-refractivity contribution >= 4 is 35.8 Å². The molecule has 2 rings (SSSR count). The molecule has 0 bridgehead atoms. The number of cyclic esters (lactones) is 3. The molecule has 12 heteroatoms. The molecule has 5 atom stereocenters. The fourth-order valence-electron chi connectivity index (χ4n) is 9.25. The Balaban J connectivity index is 2.12. The average Bonchev–Trinajstić information content (AvgIpc) is 3.28. The summed E-state index contributed by atoms with van der Waals surface area (Å²) >= 11 is 0. The smallest absolute Gasteiger partial charge is 0.306 e. The topological polar surface area (TPSA) is 158 Å². The summed E-state index contributed by atoms with van der Waals surface area (Å²) in [7, 11) is 0. The largest absolute Gasteiger partial charge is 0.466 e. The van der Waals surface area contributed by atoms with Gasteiger partial charge in [-0.05, 0) is 62.7 Å². The number of esters is 6. The number of fused-ring (bicyclic) bond motifs is 1. The first kappa shape index (κ1) is 58.9. The zero-order chi connectivity index (χ0) is 47.9. The molecule has 1 saturated heterocycles. The molecule has 3 unspecified atom stereocenters. The molecule has 0 amide bonds. The van der Waals surface area contributed by atoms with Crippen LogP contribution in [0, 0.1) is 23.7 Å². The van der Waals surface area contributed by atoms with E-state index in [0.717, 1.165) is 128 Å². The third-order valence-corrected chi connectivity index (χ3v) is 13.4. The van der Waals surface area contributed by atoms with Gasteiger partial charge in [0, 0.05) is 44.4 Å². The van der Waals surface area contributed by atoms with Crippen LogP contribution in [0.3, 0.4) is 0 Å². The zero-order valence-electron chi connectivity index (χ0n) is 42.1. The lowest BCUT2D eigenvalue weighted by Gasteiger charge is -2.35. The fraction of sp³-hybridized carbons (Fsp3) is 0.889. The van der Waals surface area contributed by atoms with E-state index in [-0.39, 0.29) is 51.0 Å². The highest BCUT2D eigenvalue weighted by molar-refractivity contribution is 5.77. The Morgan fingerprint density at radius 1 is 0.470 bits per heavy atom. The third-order valence-electron chi connectivity index (χ3n) is 13.4. The Kier molecular flexibility index (Phi) is 35.5. The van der Waals surface area contributed by atoms with E-state index in [0.29, 0.717) is 45.2 Å². The van der Waals surface area contributed by atoms with Gasteiger partial charge in [0.25, 0.3) is 0 Å². The molecule has 0 aromatic heterocycles. The van der Waals surface area contributed by atoms with E-state index in [9.17, 15) is 28.8 Å². The first-order valence-electron chi connectivity index (χ1n) is 27.1. The second-order valence-electron chi connectivity index (χ2n) is 19.5. The molecule has 382 valence electrons. The van der Waals surface area contributed by atoms with Crippen LogP contribution in [0.4, 0.5) is 0 Å². The SMILES string of the molecule is CCCCCCCCOC(=O)CC1CC(=O)OCCCCCCCCCCCCCCCOC(=O)CC(CC(=O)OCCCCCCCC)CC(=O)O[C@H]2CCC(CC)C[C@@H]2COC(=O)C1. The lowest BCUT2D eigenvalue weighted by atomic mass is 9.78. The maximum Gasteiger partial charge on any atom is 0.306 e. The lowest BCUT2D eigenvalue weighted by molar-refractivity contribution is -0.160. The van der Waals surface area contributed by atoms with Crippen LogP contribution in [0.1, 0.15) is 245 Å². The minimum absolute atomic E-state index is 0.0213. The van der Waals surface area contributed by atoms with Gasteiger partial charge in [-0.15, -0.1) is 0 Å². The second-order valence-corrected chi connectivity index (χ2v) is 19.5. The van der Waals surface area contributed by atoms with Crippen LogP contribution in [0.15, 0.2) is 0 Å². The molecule has 0 aromatic carbocycles. The van der Waals surface area contributed by atoms with E-state index in [1.165, 1.54) is 44.9 Å². The van der Waals surface area contributed by atoms with Crippen molar-refractivity contribution in [2.45, 2.75) is 252 Å². The highest BCUT2D eigenvalue weighted by atomic mass is 16.6. The molecule has 12 nitrogen and oxygen atoms in total. The van der Waals surface area contributed by atoms with Gasteiger partial charge in [-0.3, -0.25) is 28.8 Å². The monoisotopic (exact) mass is 935 g/mol. The quantitative estimate of drug-likeness (QED) is 0.0687. The number of carbonyl (C=O) groups excluding carboxylic acids is 6. The van der Waals surface area contributed by atoms with Crippen LogP contribution in [0.5, 0.6) is 0 Å². The number of hydrogen-bond donors (Lipinski definition) is 0. The Morgan fingerprint density at radius 2 is 0.864 bits per heavy atom.